The molecule has 21 nitrogen and oxygen atoms in total. The third kappa shape index (κ3) is 18.7. The van der Waals surface area contributed by atoms with Crippen molar-refractivity contribution in [1.29, 1.82) is 0 Å². The standard InChI is InChI=1S/C36H62N10O11S/c1-20(2)15-24(43-33(53)21(3)41-34(54)22(9-8-14-47)16-28(49)46-57)35(55)40-17-29(50)39-18-30(51)42-23(32(37)52)10-6-7-13-38-27(48)12-5-4-11-26-31-25(19-58-26)44-36(56)45-31/h20-26,31,47,57H,4-19H2,1-3H3,(H2,37,52)(H,38,48)(H,39,50)(H,40,55)(H,41,54)(H,42,51)(H,43,53)(H,46,49)(H2,44,45,56)/t21-,22?,23-,24-,25-,26-,31-/m0/s1. The molecule has 58 heavy (non-hydrogen) atoms. The number of amides is 10. The zero-order valence-corrected chi connectivity index (χ0v) is 34.3. The zero-order valence-electron chi connectivity index (χ0n) is 33.5. The average Bonchev–Trinajstić information content (AvgIpc) is 3.73. The van der Waals surface area contributed by atoms with Crippen molar-refractivity contribution in [2.24, 2.45) is 17.6 Å². The Morgan fingerprint density at radius 3 is 2.17 bits per heavy atom. The molecule has 2 aliphatic heterocycles. The van der Waals surface area contributed by atoms with E-state index in [0.29, 0.717) is 31.1 Å². The number of urea groups is 1. The van der Waals surface area contributed by atoms with Crippen LogP contribution in [-0.2, 0) is 38.4 Å². The number of primary amides is 1. The van der Waals surface area contributed by atoms with Crippen molar-refractivity contribution in [2.45, 2.75) is 127 Å². The fraction of sp³-hybridized carbons (Fsp3) is 0.750. The van der Waals surface area contributed by atoms with E-state index in [9.17, 15) is 43.2 Å². The molecule has 2 aliphatic rings. The van der Waals surface area contributed by atoms with E-state index in [1.165, 1.54) is 12.4 Å². The Morgan fingerprint density at radius 2 is 1.50 bits per heavy atom. The highest BCUT2D eigenvalue weighted by molar-refractivity contribution is 8.00. The van der Waals surface area contributed by atoms with Crippen LogP contribution in [0, 0.1) is 11.8 Å². The van der Waals surface area contributed by atoms with Crippen molar-refractivity contribution >= 4 is 65.1 Å². The Morgan fingerprint density at radius 1 is 0.776 bits per heavy atom. The van der Waals surface area contributed by atoms with Crippen molar-refractivity contribution in [3.8, 4) is 0 Å². The number of unbranched alkanes of at least 4 members (excludes halogenated alkanes) is 2. The summed E-state index contributed by atoms with van der Waals surface area (Å²) in [6.07, 6.45) is 4.25. The molecule has 0 aromatic carbocycles. The molecule has 0 aromatic rings. The molecule has 0 aliphatic carbocycles. The smallest absolute Gasteiger partial charge is 0.315 e. The predicted octanol–water partition coefficient (Wildman–Crippen LogP) is -2.48. The number of hydroxylamine groups is 1. The first-order chi connectivity index (χ1) is 27.5. The lowest BCUT2D eigenvalue weighted by molar-refractivity contribution is -0.136. The normalized spacial score (nSPS) is 18.9. The molecule has 0 radical (unpaired) electrons. The Hall–Kier alpha value is -4.70. The molecule has 2 rings (SSSR count). The van der Waals surface area contributed by atoms with Gasteiger partial charge in [0.2, 0.25) is 47.3 Å². The minimum absolute atomic E-state index is 0.0665. The Balaban J connectivity index is 1.68. The predicted molar refractivity (Wildman–Crippen MR) is 211 cm³/mol. The van der Waals surface area contributed by atoms with Gasteiger partial charge in [0.1, 0.15) is 18.1 Å². The summed E-state index contributed by atoms with van der Waals surface area (Å²) < 4.78 is 0. The van der Waals surface area contributed by atoms with Gasteiger partial charge in [-0.15, -0.1) is 0 Å². The van der Waals surface area contributed by atoms with Crippen molar-refractivity contribution in [2.75, 3.05) is 32.0 Å². The molecule has 2 saturated heterocycles. The molecular weight excluding hydrogens is 781 g/mol. The maximum absolute atomic E-state index is 13.0. The average molecular weight is 843 g/mol. The Labute approximate surface area is 342 Å². The van der Waals surface area contributed by atoms with E-state index in [4.69, 9.17) is 16.0 Å². The van der Waals surface area contributed by atoms with Gasteiger partial charge >= 0.3 is 6.03 Å². The van der Waals surface area contributed by atoms with Crippen LogP contribution >= 0.6 is 11.8 Å². The molecule has 10 amide bonds. The molecule has 2 heterocycles. The number of nitrogens with one attached hydrogen (secondary N) is 9. The fourth-order valence-electron chi connectivity index (χ4n) is 6.46. The maximum Gasteiger partial charge on any atom is 0.315 e. The maximum atomic E-state index is 13.0. The van der Waals surface area contributed by atoms with Gasteiger partial charge in [-0.2, -0.15) is 11.8 Å². The summed E-state index contributed by atoms with van der Waals surface area (Å²) in [6, 6.07) is -3.04. The van der Waals surface area contributed by atoms with E-state index >= 15 is 0 Å². The van der Waals surface area contributed by atoms with Gasteiger partial charge in [-0.1, -0.05) is 20.3 Å². The van der Waals surface area contributed by atoms with Crippen LogP contribution in [0.1, 0.15) is 91.4 Å². The van der Waals surface area contributed by atoms with Gasteiger partial charge in [0, 0.05) is 42.9 Å². The second kappa shape index (κ2) is 26.3. The number of fused-ring (bicyclic) bond motifs is 1. The molecule has 1 unspecified atom stereocenters. The van der Waals surface area contributed by atoms with Crippen molar-refractivity contribution in [3.05, 3.63) is 0 Å². The van der Waals surface area contributed by atoms with Crippen LogP contribution in [0.15, 0.2) is 0 Å². The number of carbonyl (C=O) groups excluding carboxylic acids is 9. The van der Waals surface area contributed by atoms with Gasteiger partial charge in [0.15, 0.2) is 0 Å². The highest BCUT2D eigenvalue weighted by atomic mass is 32.2. The Kier molecular flexibility index (Phi) is 22.4. The molecule has 2 fully saturated rings. The third-order valence-electron chi connectivity index (χ3n) is 9.60. The highest BCUT2D eigenvalue weighted by Gasteiger charge is 2.42. The summed E-state index contributed by atoms with van der Waals surface area (Å²) in [5, 5.41) is 39.2. The molecule has 13 N–H and O–H groups in total. The number of carbonyl (C=O) groups is 9. The SMILES string of the molecule is CC(C)C[C@H](NC(=O)[C@H](C)NC(=O)C(CCCO)CC(=O)NO)C(=O)NCC(=O)NCC(=O)N[C@@H](CCCCNC(=O)CCCC[C@@H]1SC[C@@H]2NC(=O)N[C@@H]21)C(N)=O. The van der Waals surface area contributed by atoms with Gasteiger partial charge in [-0.05, 0) is 64.2 Å². The summed E-state index contributed by atoms with van der Waals surface area (Å²) in [6.45, 7) is 4.10. The van der Waals surface area contributed by atoms with E-state index in [1.807, 2.05) is 25.6 Å². The molecule has 7 atom stereocenters. The van der Waals surface area contributed by atoms with Gasteiger partial charge in [-0.25, -0.2) is 10.3 Å². The minimum Gasteiger partial charge on any atom is -0.396 e. The summed E-state index contributed by atoms with van der Waals surface area (Å²) in [7, 11) is 0. The summed E-state index contributed by atoms with van der Waals surface area (Å²) in [5.41, 5.74) is 6.90. The second-order valence-electron chi connectivity index (χ2n) is 15.0. The number of thioether (sulfide) groups is 1. The van der Waals surface area contributed by atoms with E-state index in [2.05, 4.69) is 42.5 Å². The highest BCUT2D eigenvalue weighted by Crippen LogP contribution is 2.33. The van der Waals surface area contributed by atoms with Gasteiger partial charge in [0.05, 0.1) is 25.2 Å². The van der Waals surface area contributed by atoms with Crippen LogP contribution in [-0.4, -0.2) is 131 Å². The number of aliphatic hydroxyl groups is 1. The molecule has 22 heteroatoms. The zero-order chi connectivity index (χ0) is 43.2. The van der Waals surface area contributed by atoms with E-state index < -0.39 is 78.5 Å². The lowest BCUT2D eigenvalue weighted by Gasteiger charge is -2.23. The molecule has 0 spiro atoms. The van der Waals surface area contributed by atoms with E-state index in [0.717, 1.165) is 25.0 Å². The Bertz CT molecular complexity index is 1440. The monoisotopic (exact) mass is 842 g/mol. The number of aliphatic hydroxyl groups excluding tert-OH is 1. The second-order valence-corrected chi connectivity index (χ2v) is 16.2. The van der Waals surface area contributed by atoms with Gasteiger partial charge < -0.3 is 53.4 Å². The minimum atomic E-state index is -1.13. The van der Waals surface area contributed by atoms with Crippen molar-refractivity contribution < 1.29 is 53.5 Å². The molecular formula is C36H62N10O11S. The van der Waals surface area contributed by atoms with Crippen LogP contribution in [0.4, 0.5) is 4.79 Å². The lowest BCUT2D eigenvalue weighted by atomic mass is 9.97. The molecule has 328 valence electrons. The van der Waals surface area contributed by atoms with Crippen LogP contribution in [0.3, 0.4) is 0 Å². The largest absolute Gasteiger partial charge is 0.396 e. The lowest BCUT2D eigenvalue weighted by Crippen LogP contribution is -2.55. The first-order valence-corrected chi connectivity index (χ1v) is 20.8. The first-order valence-electron chi connectivity index (χ1n) is 19.8. The van der Waals surface area contributed by atoms with Crippen LogP contribution in [0.25, 0.3) is 0 Å². The molecule has 0 saturated carbocycles. The number of hydrogen-bond donors (Lipinski definition) is 12. The number of nitrogens with two attached hydrogens (primary N) is 1. The van der Waals surface area contributed by atoms with E-state index in [1.54, 1.807) is 0 Å². The quantitative estimate of drug-likeness (QED) is 0.0169. The van der Waals surface area contributed by atoms with Gasteiger partial charge in [-0.3, -0.25) is 43.6 Å². The fourth-order valence-corrected chi connectivity index (χ4v) is 8.00. The van der Waals surface area contributed by atoms with Crippen molar-refractivity contribution in [3.63, 3.8) is 0 Å². The molecule has 0 aromatic heterocycles. The van der Waals surface area contributed by atoms with Crippen LogP contribution < -0.4 is 53.7 Å². The van der Waals surface area contributed by atoms with Gasteiger partial charge in [0.25, 0.3) is 0 Å². The summed E-state index contributed by atoms with van der Waals surface area (Å²) in [4.78, 5) is 111. The van der Waals surface area contributed by atoms with Crippen molar-refractivity contribution in [1.82, 2.24) is 48.0 Å². The summed E-state index contributed by atoms with van der Waals surface area (Å²) in [5.74, 6) is -5.25. The number of rotatable bonds is 28. The summed E-state index contributed by atoms with van der Waals surface area (Å²) >= 11 is 1.83. The van der Waals surface area contributed by atoms with E-state index in [-0.39, 0.29) is 68.7 Å². The van der Waals surface area contributed by atoms with Crippen LogP contribution in [0.2, 0.25) is 0 Å². The number of hydrogen-bond acceptors (Lipinski definition) is 12. The first kappa shape index (κ1) is 49.4. The topological polar surface area (TPSA) is 328 Å². The van der Waals surface area contributed by atoms with Crippen LogP contribution in [0.5, 0.6) is 0 Å². The molecule has 0 bridgehead atoms. The third-order valence-corrected chi connectivity index (χ3v) is 11.1.